The molecule has 4 N–H and O–H groups in total. The van der Waals surface area contributed by atoms with Crippen molar-refractivity contribution in [2.24, 2.45) is 5.73 Å². The molecule has 4 fully saturated rings. The maximum absolute atomic E-state index is 12.7. The number of carbonyl (C=O) groups excluding carboxylic acids is 3. The summed E-state index contributed by atoms with van der Waals surface area (Å²) in [5.74, 6) is -1.05. The maximum atomic E-state index is 12.7. The molecule has 4 heterocycles. The number of aromatic carboxylic acids is 1. The molecule has 348 valence electrons. The van der Waals surface area contributed by atoms with Crippen molar-refractivity contribution in [3.05, 3.63) is 59.7 Å². The highest BCUT2D eigenvalue weighted by Gasteiger charge is 2.52. The van der Waals surface area contributed by atoms with E-state index in [1.165, 1.54) is 0 Å². The van der Waals surface area contributed by atoms with Gasteiger partial charge >= 0.3 is 32.4 Å². The number of likely N-dealkylation sites (tertiary alicyclic amines) is 2. The average Bonchev–Trinajstić information content (AvgIpc) is 3.53. The second-order valence-corrected chi connectivity index (χ2v) is 20.7. The van der Waals surface area contributed by atoms with Gasteiger partial charge in [0.15, 0.2) is 0 Å². The van der Waals surface area contributed by atoms with Gasteiger partial charge in [0.05, 0.1) is 28.0 Å². The van der Waals surface area contributed by atoms with Crippen LogP contribution in [0.2, 0.25) is 0 Å². The third-order valence-electron chi connectivity index (χ3n) is 12.1. The summed E-state index contributed by atoms with van der Waals surface area (Å²) in [6.45, 7) is 29.8. The Kier molecular flexibility index (Phi) is 16.3. The molecule has 0 spiro atoms. The van der Waals surface area contributed by atoms with Crippen LogP contribution in [0.5, 0.6) is 0 Å². The zero-order valence-corrected chi connectivity index (χ0v) is 40.1. The number of nitrogens with two attached hydrogens (primary N) is 1. The molecule has 0 saturated carbocycles. The normalized spacial score (nSPS) is 20.7. The van der Waals surface area contributed by atoms with Crippen LogP contribution < -0.4 is 22.0 Å². The fourth-order valence-electron chi connectivity index (χ4n) is 6.74. The molecule has 17 heteroatoms. The number of amides is 3. The predicted molar refractivity (Wildman–Crippen MR) is 245 cm³/mol. The van der Waals surface area contributed by atoms with Crippen molar-refractivity contribution in [3.8, 4) is 0 Å². The fourth-order valence-corrected chi connectivity index (χ4v) is 6.74. The zero-order valence-electron chi connectivity index (χ0n) is 40.1. The summed E-state index contributed by atoms with van der Waals surface area (Å²) in [7, 11) is -0.892. The Morgan fingerprint density at radius 2 is 0.921 bits per heavy atom. The van der Waals surface area contributed by atoms with Crippen molar-refractivity contribution >= 4 is 49.2 Å². The first kappa shape index (κ1) is 51.5. The number of benzene rings is 2. The van der Waals surface area contributed by atoms with Crippen LogP contribution in [0.3, 0.4) is 0 Å². The summed E-state index contributed by atoms with van der Waals surface area (Å²) in [4.78, 5) is 50.6. The molecule has 0 aromatic heterocycles. The van der Waals surface area contributed by atoms with Gasteiger partial charge in [-0.3, -0.25) is 4.79 Å². The van der Waals surface area contributed by atoms with Crippen molar-refractivity contribution in [1.82, 2.24) is 15.1 Å². The average molecular weight is 879 g/mol. The highest BCUT2D eigenvalue weighted by molar-refractivity contribution is 6.62. The summed E-state index contributed by atoms with van der Waals surface area (Å²) >= 11 is 0. The van der Waals surface area contributed by atoms with Crippen molar-refractivity contribution < 1.29 is 52.4 Å². The van der Waals surface area contributed by atoms with Gasteiger partial charge in [0.2, 0.25) is 0 Å². The molecule has 0 unspecified atom stereocenters. The quantitative estimate of drug-likeness (QED) is 0.292. The van der Waals surface area contributed by atoms with E-state index < -0.39 is 42.6 Å². The number of nitrogens with zero attached hydrogens (tertiary/aromatic N) is 2. The first-order chi connectivity index (χ1) is 28.9. The second kappa shape index (κ2) is 19.9. The van der Waals surface area contributed by atoms with Crippen LogP contribution in [0, 0.1) is 0 Å². The lowest BCUT2D eigenvalue weighted by Crippen LogP contribution is -2.47. The Hall–Kier alpha value is -4.15. The molecule has 6 rings (SSSR count). The Morgan fingerprint density at radius 1 is 0.603 bits per heavy atom. The minimum absolute atomic E-state index is 0.0361. The molecule has 4 aliphatic rings. The van der Waals surface area contributed by atoms with E-state index in [1.54, 1.807) is 46.2 Å². The van der Waals surface area contributed by atoms with Crippen molar-refractivity contribution in [1.29, 1.82) is 0 Å². The Morgan fingerprint density at radius 3 is 1.24 bits per heavy atom. The molecule has 0 aliphatic carbocycles. The van der Waals surface area contributed by atoms with Crippen molar-refractivity contribution in [3.63, 3.8) is 0 Å². The van der Waals surface area contributed by atoms with E-state index in [0.717, 1.165) is 36.9 Å². The van der Waals surface area contributed by atoms with Crippen LogP contribution in [-0.2, 0) is 28.1 Å². The van der Waals surface area contributed by atoms with Gasteiger partial charge in [-0.2, -0.15) is 0 Å². The van der Waals surface area contributed by atoms with Crippen molar-refractivity contribution in [2.75, 3.05) is 26.2 Å². The summed E-state index contributed by atoms with van der Waals surface area (Å²) in [6, 6.07) is 14.2. The second-order valence-electron chi connectivity index (χ2n) is 20.7. The number of carboxylic acids is 1. The van der Waals surface area contributed by atoms with E-state index in [1.807, 2.05) is 109 Å². The Balaban J connectivity index is 0.000000230. The molecule has 3 amide bonds. The maximum Gasteiger partial charge on any atom is 0.494 e. The standard InChI is InChI=1S/C23H35BN2O5.C13H17BO4.C10H20N2O2/c1-21(2,3)29-20(28)26-14-12-18(13-15-26)25-19(27)16-8-10-17(11-9-16)24-30-22(4,5)23(6,7)31-24;1-12(2)13(3,4)18-14(17-12)10-7-5-9(6-8-10)11(15)16;1-10(2,3)14-9(13)12-6-4-8(11)5-7-12/h8-11,18H,12-15H2,1-7H3,(H,25,27);5-8H,1-4H3,(H,15,16);8H,4-7,11H2,1-3H3. The minimum Gasteiger partial charge on any atom is -0.478 e. The SMILES string of the molecule is CC(C)(C)OC(=O)N1CCC(N)CC1.CC(C)(C)OC(=O)N1CCC(NC(=O)c2ccc(B3OC(C)(C)C(C)(C)O3)cc2)CC1.CC1(C)OB(c2ccc(C(=O)O)cc2)OC1(C)C. The summed E-state index contributed by atoms with van der Waals surface area (Å²) in [5, 5.41) is 11.9. The third-order valence-corrected chi connectivity index (χ3v) is 12.1. The number of hydrogen-bond donors (Lipinski definition) is 3. The smallest absolute Gasteiger partial charge is 0.478 e. The number of ether oxygens (including phenoxy) is 2. The van der Waals surface area contributed by atoms with Gasteiger partial charge in [-0.25, -0.2) is 14.4 Å². The number of hydrogen-bond acceptors (Lipinski definition) is 11. The number of carboxylic acid groups (broad SMARTS) is 1. The monoisotopic (exact) mass is 879 g/mol. The lowest BCUT2D eigenvalue weighted by molar-refractivity contribution is 0.00578. The van der Waals surface area contributed by atoms with E-state index in [9.17, 15) is 19.2 Å². The van der Waals surface area contributed by atoms with E-state index in [0.29, 0.717) is 31.5 Å². The van der Waals surface area contributed by atoms with Gasteiger partial charge in [0.25, 0.3) is 5.91 Å². The highest BCUT2D eigenvalue weighted by atomic mass is 16.7. The van der Waals surface area contributed by atoms with E-state index in [4.69, 9.17) is 38.9 Å². The molecular weight excluding hydrogens is 806 g/mol. The zero-order chi connectivity index (χ0) is 47.3. The van der Waals surface area contributed by atoms with Gasteiger partial charge in [0, 0.05) is 43.8 Å². The molecule has 15 nitrogen and oxygen atoms in total. The molecule has 0 bridgehead atoms. The topological polar surface area (TPSA) is 188 Å². The molecule has 4 saturated heterocycles. The van der Waals surface area contributed by atoms with Gasteiger partial charge in [0.1, 0.15) is 11.2 Å². The van der Waals surface area contributed by atoms with Crippen LogP contribution in [0.1, 0.15) is 143 Å². The van der Waals surface area contributed by atoms with Crippen LogP contribution >= 0.6 is 0 Å². The molecule has 0 atom stereocenters. The summed E-state index contributed by atoms with van der Waals surface area (Å²) in [6.07, 6.45) is 2.65. The predicted octanol–water partition coefficient (Wildman–Crippen LogP) is 6.14. The van der Waals surface area contributed by atoms with Crippen LogP contribution in [0.25, 0.3) is 0 Å². The van der Waals surface area contributed by atoms with E-state index >= 15 is 0 Å². The number of nitrogens with one attached hydrogen (secondary N) is 1. The lowest BCUT2D eigenvalue weighted by Gasteiger charge is -2.33. The Bertz CT molecular complexity index is 1840. The fraction of sp³-hybridized carbons (Fsp3) is 0.652. The molecule has 63 heavy (non-hydrogen) atoms. The van der Waals surface area contributed by atoms with E-state index in [2.05, 4.69) is 5.32 Å². The molecule has 0 radical (unpaired) electrons. The van der Waals surface area contributed by atoms with Gasteiger partial charge in [-0.05, 0) is 158 Å². The molecule has 2 aromatic rings. The summed E-state index contributed by atoms with van der Waals surface area (Å²) < 4.78 is 34.6. The van der Waals surface area contributed by atoms with Crippen molar-refractivity contribution in [2.45, 2.75) is 168 Å². The van der Waals surface area contributed by atoms with Crippen LogP contribution in [0.15, 0.2) is 48.5 Å². The first-order valence-corrected chi connectivity index (χ1v) is 22.1. The highest BCUT2D eigenvalue weighted by Crippen LogP contribution is 2.37. The third kappa shape index (κ3) is 14.4. The summed E-state index contributed by atoms with van der Waals surface area (Å²) in [5.41, 5.74) is 5.83. The lowest BCUT2D eigenvalue weighted by atomic mass is 9.79. The van der Waals surface area contributed by atoms with Gasteiger partial charge in [-0.15, -0.1) is 0 Å². The van der Waals surface area contributed by atoms with Gasteiger partial charge in [-0.1, -0.05) is 24.3 Å². The van der Waals surface area contributed by atoms with Crippen LogP contribution in [-0.4, -0.2) is 125 Å². The molecular formula is C46H72B2N4O11. The first-order valence-electron chi connectivity index (χ1n) is 22.1. The number of rotatable bonds is 5. The van der Waals surface area contributed by atoms with Gasteiger partial charge < -0.3 is 54.0 Å². The van der Waals surface area contributed by atoms with Crippen LogP contribution in [0.4, 0.5) is 9.59 Å². The Labute approximate surface area is 375 Å². The number of carbonyl (C=O) groups is 4. The van der Waals surface area contributed by atoms with E-state index in [-0.39, 0.29) is 46.9 Å². The molecule has 4 aliphatic heterocycles. The largest absolute Gasteiger partial charge is 0.494 e. The number of piperidine rings is 2. The minimum atomic E-state index is -0.935. The molecule has 2 aromatic carbocycles.